The SMILES string of the molecule is CN(c1nc(Nc2ccc(-c3cnco3)cc2)nc2c1CN(C(=O)OC(C)(C)C)CC2)[C@@H]1CCCO1. The van der Waals surface area contributed by atoms with Crippen LogP contribution in [0.4, 0.5) is 22.2 Å². The lowest BCUT2D eigenvalue weighted by atomic mass is 10.1. The summed E-state index contributed by atoms with van der Waals surface area (Å²) >= 11 is 0. The molecule has 1 amide bonds. The predicted octanol–water partition coefficient (Wildman–Crippen LogP) is 4.74. The molecule has 3 aromatic rings. The van der Waals surface area contributed by atoms with Gasteiger partial charge in [-0.05, 0) is 57.9 Å². The van der Waals surface area contributed by atoms with Crippen LogP contribution in [0.5, 0.6) is 0 Å². The fourth-order valence-electron chi connectivity index (χ4n) is 4.43. The van der Waals surface area contributed by atoms with Crippen LogP contribution in [0.15, 0.2) is 41.3 Å². The fourth-order valence-corrected chi connectivity index (χ4v) is 4.43. The number of rotatable bonds is 5. The van der Waals surface area contributed by atoms with E-state index in [9.17, 15) is 4.79 Å². The van der Waals surface area contributed by atoms with Gasteiger partial charge >= 0.3 is 6.09 Å². The van der Waals surface area contributed by atoms with Crippen LogP contribution in [0, 0.1) is 0 Å². The molecule has 2 aliphatic heterocycles. The Bertz CT molecular complexity index is 1200. The molecule has 5 rings (SSSR count). The standard InChI is InChI=1S/C26H32N6O4/c1-26(2,3)36-25(33)32-12-11-20-19(15-32)23(31(4)22-6-5-13-34-22)30-24(29-20)28-18-9-7-17(8-10-18)21-14-27-16-35-21/h7-10,14,16,22H,5-6,11-13,15H2,1-4H3,(H,28,29,30)/t22-/m0/s1. The smallest absolute Gasteiger partial charge is 0.410 e. The van der Waals surface area contributed by atoms with E-state index in [1.807, 2.05) is 52.1 Å². The minimum absolute atomic E-state index is 0.0602. The zero-order valence-electron chi connectivity index (χ0n) is 21.2. The second kappa shape index (κ2) is 9.77. The summed E-state index contributed by atoms with van der Waals surface area (Å²) in [5.74, 6) is 1.98. The second-order valence-corrected chi connectivity index (χ2v) is 10.1. The van der Waals surface area contributed by atoms with Gasteiger partial charge in [-0.2, -0.15) is 4.98 Å². The van der Waals surface area contributed by atoms with E-state index < -0.39 is 5.60 Å². The Morgan fingerprint density at radius 2 is 2.03 bits per heavy atom. The van der Waals surface area contributed by atoms with E-state index in [-0.39, 0.29) is 12.3 Å². The van der Waals surface area contributed by atoms with E-state index >= 15 is 0 Å². The topological polar surface area (TPSA) is 106 Å². The number of carbonyl (C=O) groups excluding carboxylic acids is 1. The number of nitrogens with one attached hydrogen (secondary N) is 1. The first kappa shape index (κ1) is 24.1. The average Bonchev–Trinajstić information content (AvgIpc) is 3.57. The Balaban J connectivity index is 1.42. The zero-order valence-corrected chi connectivity index (χ0v) is 21.2. The molecule has 1 saturated heterocycles. The lowest BCUT2D eigenvalue weighted by molar-refractivity contribution is 0.0222. The Labute approximate surface area is 210 Å². The third kappa shape index (κ3) is 5.28. The molecule has 190 valence electrons. The van der Waals surface area contributed by atoms with Crippen molar-refractivity contribution in [3.63, 3.8) is 0 Å². The summed E-state index contributed by atoms with van der Waals surface area (Å²) in [5, 5.41) is 3.34. The number of amides is 1. The highest BCUT2D eigenvalue weighted by Crippen LogP contribution is 2.32. The molecular formula is C26H32N6O4. The summed E-state index contributed by atoms with van der Waals surface area (Å²) in [6.45, 7) is 7.28. The van der Waals surface area contributed by atoms with Gasteiger partial charge in [-0.1, -0.05) is 0 Å². The highest BCUT2D eigenvalue weighted by Gasteiger charge is 2.32. The molecule has 1 N–H and O–H groups in total. The van der Waals surface area contributed by atoms with Gasteiger partial charge < -0.3 is 29.0 Å². The van der Waals surface area contributed by atoms with Gasteiger partial charge in [0, 0.05) is 43.4 Å². The van der Waals surface area contributed by atoms with E-state index in [0.29, 0.717) is 31.2 Å². The van der Waals surface area contributed by atoms with Crippen LogP contribution in [-0.4, -0.2) is 58.0 Å². The molecule has 2 aromatic heterocycles. The van der Waals surface area contributed by atoms with Gasteiger partial charge in [0.05, 0.1) is 18.4 Å². The van der Waals surface area contributed by atoms with Crippen LogP contribution >= 0.6 is 0 Å². The Kier molecular flexibility index (Phi) is 6.53. The van der Waals surface area contributed by atoms with Crippen LogP contribution < -0.4 is 10.2 Å². The average molecular weight is 493 g/mol. The Hall–Kier alpha value is -3.66. The van der Waals surface area contributed by atoms with E-state index in [0.717, 1.165) is 47.8 Å². The zero-order chi connectivity index (χ0) is 25.3. The molecule has 0 unspecified atom stereocenters. The third-order valence-corrected chi connectivity index (χ3v) is 6.22. The second-order valence-electron chi connectivity index (χ2n) is 10.1. The van der Waals surface area contributed by atoms with Crippen LogP contribution in [0.25, 0.3) is 11.3 Å². The number of benzene rings is 1. The molecule has 1 aromatic carbocycles. The van der Waals surface area contributed by atoms with Crippen molar-refractivity contribution in [2.45, 2.75) is 58.4 Å². The van der Waals surface area contributed by atoms with E-state index in [1.54, 1.807) is 11.1 Å². The van der Waals surface area contributed by atoms with Crippen molar-refractivity contribution in [3.8, 4) is 11.3 Å². The lowest BCUT2D eigenvalue weighted by Crippen LogP contribution is -2.41. The molecular weight excluding hydrogens is 460 g/mol. The minimum atomic E-state index is -0.554. The van der Waals surface area contributed by atoms with Crippen molar-refractivity contribution in [2.75, 3.05) is 30.4 Å². The van der Waals surface area contributed by atoms with Crippen molar-refractivity contribution in [3.05, 3.63) is 48.1 Å². The molecule has 0 spiro atoms. The maximum atomic E-state index is 12.8. The molecule has 1 fully saturated rings. The van der Waals surface area contributed by atoms with E-state index in [1.165, 1.54) is 6.39 Å². The third-order valence-electron chi connectivity index (χ3n) is 6.22. The monoisotopic (exact) mass is 492 g/mol. The summed E-state index contributed by atoms with van der Waals surface area (Å²) in [7, 11) is 1.99. The number of carbonyl (C=O) groups is 1. The molecule has 0 saturated carbocycles. The molecule has 1 atom stereocenters. The van der Waals surface area contributed by atoms with E-state index in [2.05, 4.69) is 15.2 Å². The van der Waals surface area contributed by atoms with Gasteiger partial charge in [0.15, 0.2) is 12.2 Å². The molecule has 36 heavy (non-hydrogen) atoms. The van der Waals surface area contributed by atoms with Crippen molar-refractivity contribution in [2.24, 2.45) is 0 Å². The molecule has 0 aliphatic carbocycles. The number of aromatic nitrogens is 3. The summed E-state index contributed by atoms with van der Waals surface area (Å²) in [4.78, 5) is 30.2. The summed E-state index contributed by atoms with van der Waals surface area (Å²) in [5.41, 5.74) is 3.09. The number of fused-ring (bicyclic) bond motifs is 1. The van der Waals surface area contributed by atoms with Crippen molar-refractivity contribution in [1.29, 1.82) is 0 Å². The van der Waals surface area contributed by atoms with Crippen LogP contribution in [0.3, 0.4) is 0 Å². The van der Waals surface area contributed by atoms with Crippen molar-refractivity contribution < 1.29 is 18.7 Å². The van der Waals surface area contributed by atoms with Gasteiger partial charge in [-0.15, -0.1) is 0 Å². The first-order valence-electron chi connectivity index (χ1n) is 12.2. The minimum Gasteiger partial charge on any atom is -0.444 e. The van der Waals surface area contributed by atoms with Crippen molar-refractivity contribution >= 4 is 23.5 Å². The maximum absolute atomic E-state index is 12.8. The number of nitrogens with zero attached hydrogens (tertiary/aromatic N) is 5. The molecule has 10 nitrogen and oxygen atoms in total. The lowest BCUT2D eigenvalue weighted by Gasteiger charge is -2.34. The first-order chi connectivity index (χ1) is 17.3. The summed E-state index contributed by atoms with van der Waals surface area (Å²) < 4.78 is 16.9. The number of anilines is 3. The maximum Gasteiger partial charge on any atom is 0.410 e. The number of hydrogen-bond donors (Lipinski definition) is 1. The number of ether oxygens (including phenoxy) is 2. The summed E-state index contributed by atoms with van der Waals surface area (Å²) in [6, 6.07) is 7.82. The van der Waals surface area contributed by atoms with Crippen molar-refractivity contribution in [1.82, 2.24) is 19.9 Å². The van der Waals surface area contributed by atoms with Gasteiger partial charge in [-0.3, -0.25) is 0 Å². The van der Waals surface area contributed by atoms with Gasteiger partial charge in [0.1, 0.15) is 17.6 Å². The fraction of sp³-hybridized carbons (Fsp3) is 0.462. The quantitative estimate of drug-likeness (QED) is 0.540. The molecule has 0 bridgehead atoms. The van der Waals surface area contributed by atoms with Crippen LogP contribution in [-0.2, 0) is 22.4 Å². The molecule has 0 radical (unpaired) electrons. The number of hydrogen-bond acceptors (Lipinski definition) is 9. The Morgan fingerprint density at radius 1 is 1.22 bits per heavy atom. The normalized spacial score (nSPS) is 17.6. The predicted molar refractivity (Wildman–Crippen MR) is 135 cm³/mol. The van der Waals surface area contributed by atoms with Gasteiger partial charge in [0.2, 0.25) is 5.95 Å². The molecule has 2 aliphatic rings. The molecule has 4 heterocycles. The van der Waals surface area contributed by atoms with Crippen LogP contribution in [0.1, 0.15) is 44.9 Å². The molecule has 10 heteroatoms. The largest absolute Gasteiger partial charge is 0.444 e. The van der Waals surface area contributed by atoms with E-state index in [4.69, 9.17) is 23.9 Å². The van der Waals surface area contributed by atoms with Gasteiger partial charge in [0.25, 0.3) is 0 Å². The van der Waals surface area contributed by atoms with Gasteiger partial charge in [-0.25, -0.2) is 14.8 Å². The highest BCUT2D eigenvalue weighted by molar-refractivity contribution is 5.70. The number of oxazole rings is 1. The van der Waals surface area contributed by atoms with Crippen LogP contribution in [0.2, 0.25) is 0 Å². The summed E-state index contributed by atoms with van der Waals surface area (Å²) in [6.07, 6.45) is 5.26. The highest BCUT2D eigenvalue weighted by atomic mass is 16.6. The first-order valence-corrected chi connectivity index (χ1v) is 12.2. The Morgan fingerprint density at radius 3 is 2.69 bits per heavy atom.